The molecule has 6 rings (SSSR count). The normalized spacial score (nSPS) is 14.8. The predicted octanol–water partition coefficient (Wildman–Crippen LogP) is 7.73. The molecule has 2 aliphatic carbocycles. The van der Waals surface area contributed by atoms with Crippen molar-refractivity contribution >= 4 is 21.5 Å². The van der Waals surface area contributed by atoms with Crippen LogP contribution in [-0.4, -0.2) is 0 Å². The highest BCUT2D eigenvalue weighted by Crippen LogP contribution is 2.47. The molecule has 0 bridgehead atoms. The predicted molar refractivity (Wildman–Crippen MR) is 125 cm³/mol. The molecule has 0 spiro atoms. The quantitative estimate of drug-likeness (QED) is 0.304. The van der Waals surface area contributed by atoms with Crippen molar-refractivity contribution in [2.24, 2.45) is 0 Å². The molecule has 0 fully saturated rings. The second-order valence-corrected chi connectivity index (χ2v) is 8.37. The maximum Gasteiger partial charge on any atom is 0.0207 e. The van der Waals surface area contributed by atoms with Crippen molar-refractivity contribution in [1.29, 1.82) is 0 Å². The fraction of sp³-hybridized carbons (Fsp3) is 0.172. The molecular formula is C29H24. The third-order valence-corrected chi connectivity index (χ3v) is 6.67. The Bertz CT molecular complexity index is 1320. The highest BCUT2D eigenvalue weighted by molar-refractivity contribution is 6.11. The van der Waals surface area contributed by atoms with Gasteiger partial charge in [0.1, 0.15) is 0 Å². The summed E-state index contributed by atoms with van der Waals surface area (Å²) in [5.41, 5.74) is 8.94. The standard InChI is InChI=1S/C29H24/c1-2-7-26-24(19-8-3-4-9-19)17-16-21-13-15-23-18-22-14-12-20-10-5-6-11-25(20)28(22)29(23)27(21)26/h3-6,8-17,19H,2,7,18H2,1H3. The summed E-state index contributed by atoms with van der Waals surface area (Å²) in [5.74, 6) is 0.408. The van der Waals surface area contributed by atoms with Gasteiger partial charge in [-0.2, -0.15) is 0 Å². The average Bonchev–Trinajstić information content (AvgIpc) is 3.41. The van der Waals surface area contributed by atoms with Crippen LogP contribution in [0, 0.1) is 0 Å². The third kappa shape index (κ3) is 2.45. The molecule has 0 aliphatic heterocycles. The first kappa shape index (κ1) is 16.8. The van der Waals surface area contributed by atoms with Gasteiger partial charge in [-0.15, -0.1) is 0 Å². The molecular weight excluding hydrogens is 348 g/mol. The number of hydrogen-bond acceptors (Lipinski definition) is 0. The van der Waals surface area contributed by atoms with E-state index in [0.717, 1.165) is 12.8 Å². The maximum atomic E-state index is 2.36. The summed E-state index contributed by atoms with van der Waals surface area (Å²) in [7, 11) is 0. The van der Waals surface area contributed by atoms with Crippen molar-refractivity contribution in [2.45, 2.75) is 32.1 Å². The van der Waals surface area contributed by atoms with Gasteiger partial charge in [-0.1, -0.05) is 98.3 Å². The summed E-state index contributed by atoms with van der Waals surface area (Å²) in [4.78, 5) is 0. The van der Waals surface area contributed by atoms with E-state index in [1.54, 1.807) is 5.56 Å². The second kappa shape index (κ2) is 6.46. The summed E-state index contributed by atoms with van der Waals surface area (Å²) in [6.45, 7) is 2.30. The number of rotatable bonds is 3. The summed E-state index contributed by atoms with van der Waals surface area (Å²) < 4.78 is 0. The molecule has 0 heterocycles. The largest absolute Gasteiger partial charge is 0.0732 e. The van der Waals surface area contributed by atoms with E-state index in [9.17, 15) is 0 Å². The fourth-order valence-corrected chi connectivity index (χ4v) is 5.42. The lowest BCUT2D eigenvalue weighted by atomic mass is 9.85. The van der Waals surface area contributed by atoms with Gasteiger partial charge in [-0.25, -0.2) is 0 Å². The van der Waals surface area contributed by atoms with Crippen LogP contribution in [0.5, 0.6) is 0 Å². The number of fused-ring (bicyclic) bond motifs is 7. The second-order valence-electron chi connectivity index (χ2n) is 8.37. The monoisotopic (exact) mass is 372 g/mol. The summed E-state index contributed by atoms with van der Waals surface area (Å²) in [6.07, 6.45) is 12.4. The van der Waals surface area contributed by atoms with E-state index < -0.39 is 0 Å². The van der Waals surface area contributed by atoms with Crippen LogP contribution < -0.4 is 0 Å². The molecule has 0 saturated heterocycles. The van der Waals surface area contributed by atoms with Crippen LogP contribution in [0.2, 0.25) is 0 Å². The minimum absolute atomic E-state index is 0.408. The van der Waals surface area contributed by atoms with E-state index in [-0.39, 0.29) is 0 Å². The Morgan fingerprint density at radius 2 is 1.48 bits per heavy atom. The maximum absolute atomic E-state index is 2.36. The zero-order valence-electron chi connectivity index (χ0n) is 16.8. The van der Waals surface area contributed by atoms with Gasteiger partial charge in [0, 0.05) is 5.92 Å². The highest BCUT2D eigenvalue weighted by atomic mass is 14.3. The van der Waals surface area contributed by atoms with Crippen molar-refractivity contribution in [3.05, 3.63) is 107 Å². The van der Waals surface area contributed by atoms with Gasteiger partial charge in [0.15, 0.2) is 0 Å². The molecule has 0 nitrogen and oxygen atoms in total. The lowest BCUT2D eigenvalue weighted by Crippen LogP contribution is -2.00. The Kier molecular flexibility index (Phi) is 3.74. The van der Waals surface area contributed by atoms with Gasteiger partial charge in [-0.3, -0.25) is 0 Å². The van der Waals surface area contributed by atoms with E-state index >= 15 is 0 Å². The van der Waals surface area contributed by atoms with Crippen molar-refractivity contribution < 1.29 is 0 Å². The molecule has 0 heteroatoms. The van der Waals surface area contributed by atoms with E-state index in [4.69, 9.17) is 0 Å². The zero-order chi connectivity index (χ0) is 19.4. The van der Waals surface area contributed by atoms with Crippen LogP contribution in [0.1, 0.15) is 41.5 Å². The molecule has 4 aromatic carbocycles. The average molecular weight is 373 g/mol. The first-order chi connectivity index (χ1) is 14.3. The number of benzene rings is 4. The van der Waals surface area contributed by atoms with Gasteiger partial charge in [0.2, 0.25) is 0 Å². The molecule has 0 radical (unpaired) electrons. The Morgan fingerprint density at radius 3 is 2.31 bits per heavy atom. The topological polar surface area (TPSA) is 0 Å². The van der Waals surface area contributed by atoms with E-state index in [2.05, 4.69) is 91.9 Å². The lowest BCUT2D eigenvalue weighted by molar-refractivity contribution is 0.903. The van der Waals surface area contributed by atoms with E-state index in [1.165, 1.54) is 55.8 Å². The zero-order valence-corrected chi connectivity index (χ0v) is 16.8. The molecule has 0 N–H and O–H groups in total. The van der Waals surface area contributed by atoms with Crippen LogP contribution in [0.15, 0.2) is 85.0 Å². The molecule has 0 saturated carbocycles. The summed E-state index contributed by atoms with van der Waals surface area (Å²) in [5, 5.41) is 5.60. The Hall–Kier alpha value is -3.12. The van der Waals surface area contributed by atoms with Crippen molar-refractivity contribution in [1.82, 2.24) is 0 Å². The van der Waals surface area contributed by atoms with Crippen molar-refractivity contribution in [3.63, 3.8) is 0 Å². The molecule has 4 aromatic rings. The van der Waals surface area contributed by atoms with Crippen molar-refractivity contribution in [2.75, 3.05) is 0 Å². The van der Waals surface area contributed by atoms with Crippen LogP contribution in [0.3, 0.4) is 0 Å². The van der Waals surface area contributed by atoms with Crippen LogP contribution in [0.25, 0.3) is 32.7 Å². The van der Waals surface area contributed by atoms with Gasteiger partial charge < -0.3 is 0 Å². The molecule has 0 unspecified atom stereocenters. The first-order valence-corrected chi connectivity index (χ1v) is 10.8. The van der Waals surface area contributed by atoms with Crippen molar-refractivity contribution in [3.8, 4) is 11.1 Å². The van der Waals surface area contributed by atoms with Crippen LogP contribution in [-0.2, 0) is 12.8 Å². The van der Waals surface area contributed by atoms with Gasteiger partial charge in [0.25, 0.3) is 0 Å². The molecule has 0 aromatic heterocycles. The lowest BCUT2D eigenvalue weighted by Gasteiger charge is -2.19. The van der Waals surface area contributed by atoms with E-state index in [0.29, 0.717) is 5.92 Å². The summed E-state index contributed by atoms with van der Waals surface area (Å²) >= 11 is 0. The van der Waals surface area contributed by atoms with Gasteiger partial charge in [-0.05, 0) is 67.8 Å². The number of hydrogen-bond donors (Lipinski definition) is 0. The van der Waals surface area contributed by atoms with Gasteiger partial charge >= 0.3 is 0 Å². The minimum atomic E-state index is 0.408. The smallest absolute Gasteiger partial charge is 0.0207 e. The Labute approximate surface area is 172 Å². The van der Waals surface area contributed by atoms with Crippen LogP contribution in [0.4, 0.5) is 0 Å². The number of allylic oxidation sites excluding steroid dienone is 4. The first-order valence-electron chi connectivity index (χ1n) is 10.8. The third-order valence-electron chi connectivity index (χ3n) is 6.67. The SMILES string of the molecule is CCCc1c(C2C=CC=C2)ccc2ccc3c(c12)-c1c(ccc2ccccc12)C3. The van der Waals surface area contributed by atoms with Gasteiger partial charge in [0.05, 0.1) is 0 Å². The fourth-order valence-electron chi connectivity index (χ4n) is 5.42. The molecule has 140 valence electrons. The molecule has 2 aliphatic rings. The Balaban J connectivity index is 1.74. The molecule has 0 atom stereocenters. The van der Waals surface area contributed by atoms with Crippen LogP contribution >= 0.6 is 0 Å². The summed E-state index contributed by atoms with van der Waals surface area (Å²) in [6, 6.07) is 22.9. The van der Waals surface area contributed by atoms with E-state index in [1.807, 2.05) is 0 Å². The highest BCUT2D eigenvalue weighted by Gasteiger charge is 2.25. The number of aryl methyl sites for hydroxylation is 1. The Morgan fingerprint density at radius 1 is 0.759 bits per heavy atom. The molecule has 0 amide bonds. The molecule has 29 heavy (non-hydrogen) atoms. The minimum Gasteiger partial charge on any atom is -0.0732 e.